The number of nitrogens with one attached hydrogen (secondary N) is 1. The van der Waals surface area contributed by atoms with Gasteiger partial charge in [0, 0.05) is 68.5 Å². The van der Waals surface area contributed by atoms with Gasteiger partial charge in [0.15, 0.2) is 0 Å². The highest BCUT2D eigenvalue weighted by molar-refractivity contribution is 7.92. The first-order valence-electron chi connectivity index (χ1n) is 21.0. The molecule has 0 radical (unpaired) electrons. The second kappa shape index (κ2) is 16.8. The van der Waals surface area contributed by atoms with Gasteiger partial charge < -0.3 is 29.3 Å². The minimum atomic E-state index is -3.74. The maximum atomic E-state index is 14.8. The van der Waals surface area contributed by atoms with Crippen LogP contribution in [0.1, 0.15) is 77.3 Å². The molecule has 0 unspecified atom stereocenters. The van der Waals surface area contributed by atoms with Crippen molar-refractivity contribution in [2.45, 2.75) is 62.9 Å². The predicted octanol–water partition coefficient (Wildman–Crippen LogP) is 5.03. The van der Waals surface area contributed by atoms with Gasteiger partial charge in [-0.3, -0.25) is 23.8 Å². The third-order valence-electron chi connectivity index (χ3n) is 13.3. The van der Waals surface area contributed by atoms with Gasteiger partial charge in [0.05, 0.1) is 37.2 Å². The van der Waals surface area contributed by atoms with Crippen molar-refractivity contribution >= 4 is 44.9 Å². The van der Waals surface area contributed by atoms with E-state index in [4.69, 9.17) is 21.1 Å². The fourth-order valence-corrected chi connectivity index (χ4v) is 12.0. The lowest BCUT2D eigenvalue weighted by Crippen LogP contribution is -2.55. The van der Waals surface area contributed by atoms with E-state index < -0.39 is 27.3 Å². The molecule has 322 valence electrons. The van der Waals surface area contributed by atoms with Crippen LogP contribution in [0.25, 0.3) is 0 Å². The number of aromatic nitrogens is 2. The van der Waals surface area contributed by atoms with E-state index in [1.54, 1.807) is 31.3 Å². The summed E-state index contributed by atoms with van der Waals surface area (Å²) in [7, 11) is 1.33. The molecule has 1 saturated heterocycles. The Kier molecular flexibility index (Phi) is 11.8. The molecule has 2 aliphatic carbocycles. The molecule has 60 heavy (non-hydrogen) atoms. The van der Waals surface area contributed by atoms with Crippen LogP contribution in [0.3, 0.4) is 0 Å². The molecule has 3 amide bonds. The number of likely N-dealkylation sites (N-methyl/N-ethyl adjacent to an activating group) is 1. The smallest absolute Gasteiger partial charge is 0.286 e. The SMILES string of the molecule is COc1nn(C)cc1C(=O)N[S@@]1(=O)=NC(=O)c2ccc3c(c2)N(C[C@@H]2CC[C@H]2[C@](O)(CC(=O)N2CCN(C)CC2)/C=C/C[C@H](C)C1)C[C@@]1(CCCc2cc(Cl)ccc21)CO3. The van der Waals surface area contributed by atoms with E-state index in [2.05, 4.69) is 36.1 Å². The number of halogens is 1. The summed E-state index contributed by atoms with van der Waals surface area (Å²) in [5, 5.41) is 17.6. The molecule has 2 aromatic carbocycles. The van der Waals surface area contributed by atoms with Crippen molar-refractivity contribution in [3.63, 3.8) is 0 Å². The van der Waals surface area contributed by atoms with Crippen molar-refractivity contribution in [1.82, 2.24) is 24.3 Å². The Morgan fingerprint density at radius 2 is 1.92 bits per heavy atom. The second-order valence-corrected chi connectivity index (χ2v) is 20.1. The average Bonchev–Trinajstić information content (AvgIpc) is 3.51. The summed E-state index contributed by atoms with van der Waals surface area (Å²) in [6, 6.07) is 11.3. The predicted molar refractivity (Wildman–Crippen MR) is 230 cm³/mol. The summed E-state index contributed by atoms with van der Waals surface area (Å²) in [5.74, 6) is -1.60. The van der Waals surface area contributed by atoms with Crippen LogP contribution in [-0.4, -0.2) is 118 Å². The molecule has 2 N–H and O–H groups in total. The number of rotatable bonds is 5. The number of methoxy groups -OCH3 is 1. The van der Waals surface area contributed by atoms with Crippen LogP contribution in [0.5, 0.6) is 11.6 Å². The zero-order valence-electron chi connectivity index (χ0n) is 34.9. The number of hydrogen-bond acceptors (Lipinski definition) is 10. The number of amides is 3. The summed E-state index contributed by atoms with van der Waals surface area (Å²) in [4.78, 5) is 48.2. The molecular weight excluding hydrogens is 806 g/mol. The Bertz CT molecular complexity index is 2320. The maximum absolute atomic E-state index is 14.8. The van der Waals surface area contributed by atoms with Crippen molar-refractivity contribution in [2.75, 3.05) is 70.7 Å². The summed E-state index contributed by atoms with van der Waals surface area (Å²) >= 11 is 6.50. The Balaban J connectivity index is 1.21. The third kappa shape index (κ3) is 8.55. The first-order chi connectivity index (χ1) is 28.7. The van der Waals surface area contributed by atoms with Crippen molar-refractivity contribution in [3.8, 4) is 11.6 Å². The Hall–Kier alpha value is -4.44. The van der Waals surface area contributed by atoms with Crippen LogP contribution in [0.4, 0.5) is 5.69 Å². The van der Waals surface area contributed by atoms with E-state index in [0.717, 1.165) is 45.2 Å². The van der Waals surface area contributed by atoms with Crippen molar-refractivity contribution < 1.29 is 33.2 Å². The molecule has 4 heterocycles. The molecule has 3 aliphatic heterocycles. The zero-order valence-corrected chi connectivity index (χ0v) is 36.5. The van der Waals surface area contributed by atoms with E-state index in [-0.39, 0.29) is 58.3 Å². The molecule has 3 aromatic rings. The lowest BCUT2D eigenvalue weighted by molar-refractivity contribution is -0.141. The summed E-state index contributed by atoms with van der Waals surface area (Å²) < 4.78 is 35.1. The molecule has 5 aliphatic rings. The van der Waals surface area contributed by atoms with Crippen molar-refractivity contribution in [2.24, 2.45) is 29.2 Å². The number of ether oxygens (including phenoxy) is 2. The summed E-state index contributed by atoms with van der Waals surface area (Å²) in [5.41, 5.74) is 1.52. The Morgan fingerprint density at radius 3 is 2.67 bits per heavy atom. The highest BCUT2D eigenvalue weighted by atomic mass is 35.5. The number of aryl methyl sites for hydroxylation is 2. The summed E-state index contributed by atoms with van der Waals surface area (Å²) in [6.45, 7) is 6.16. The lowest BCUT2D eigenvalue weighted by Gasteiger charge is -2.49. The van der Waals surface area contributed by atoms with Gasteiger partial charge in [0.25, 0.3) is 11.8 Å². The molecule has 6 atom stereocenters. The lowest BCUT2D eigenvalue weighted by atomic mass is 9.63. The quantitative estimate of drug-likeness (QED) is 0.334. The molecule has 8 rings (SSSR count). The maximum Gasteiger partial charge on any atom is 0.286 e. The number of aliphatic hydroxyl groups is 1. The molecule has 2 fully saturated rings. The van der Waals surface area contributed by atoms with Gasteiger partial charge in [-0.2, -0.15) is 0 Å². The fraction of sp³-hybridized carbons (Fsp3) is 0.545. The van der Waals surface area contributed by atoms with E-state index in [9.17, 15) is 23.7 Å². The van der Waals surface area contributed by atoms with Gasteiger partial charge in [-0.25, -0.2) is 4.21 Å². The van der Waals surface area contributed by atoms with E-state index in [1.165, 1.54) is 29.1 Å². The molecule has 1 aromatic heterocycles. The minimum absolute atomic E-state index is 0.0315. The average molecular weight is 862 g/mol. The fourth-order valence-electron chi connectivity index (χ4n) is 9.92. The standard InChI is InChI=1S/C44H56ClN7O7S/c1-29-7-5-16-44(56,23-39(53)51-19-17-49(2)18-20-51)36-12-9-32(36)24-52-27-43(15-6-8-30-21-33(45)11-13-35(30)43)28-59-38-14-10-31(22-37(38)52)40(54)47-60(57,26-29)48-41(55)34-25-50(3)46-42(34)58-4/h5,10-11,13-14,16,21-22,25,29,32,36,56H,6-9,12,15,17-20,23-24,26-28H2,1-4H3,(H,47,48,54,55,57)/b16-5+/t29-,32-,36+,43-,44+,60-/m0/s1. The van der Waals surface area contributed by atoms with Crippen LogP contribution in [0.2, 0.25) is 5.02 Å². The molecule has 16 heteroatoms. The van der Waals surface area contributed by atoms with Gasteiger partial charge >= 0.3 is 0 Å². The molecule has 1 spiro atoms. The number of nitrogens with zero attached hydrogens (tertiary/aromatic N) is 6. The highest BCUT2D eigenvalue weighted by Gasteiger charge is 2.49. The van der Waals surface area contributed by atoms with E-state index in [1.807, 2.05) is 31.0 Å². The number of allylic oxidation sites excluding steroid dienone is 1. The molecular formula is C44H56ClN7O7S. The topological polar surface area (TPSA) is 159 Å². The third-order valence-corrected chi connectivity index (χ3v) is 15.5. The molecule has 2 bridgehead atoms. The van der Waals surface area contributed by atoms with Gasteiger partial charge in [-0.15, -0.1) is 9.46 Å². The Labute approximate surface area is 357 Å². The van der Waals surface area contributed by atoms with Crippen molar-refractivity contribution in [3.05, 3.63) is 82.0 Å². The van der Waals surface area contributed by atoms with Gasteiger partial charge in [-0.05, 0) is 105 Å². The van der Waals surface area contributed by atoms with Gasteiger partial charge in [0.2, 0.25) is 11.8 Å². The second-order valence-electron chi connectivity index (χ2n) is 17.7. The number of fused-ring (bicyclic) bond motifs is 4. The largest absolute Gasteiger partial charge is 0.490 e. The molecule has 14 nitrogen and oxygen atoms in total. The number of piperazine rings is 1. The Morgan fingerprint density at radius 1 is 1.12 bits per heavy atom. The normalized spacial score (nSPS) is 30.2. The first-order valence-corrected chi connectivity index (χ1v) is 23.1. The molecule has 1 saturated carbocycles. The van der Waals surface area contributed by atoms with E-state index >= 15 is 0 Å². The van der Waals surface area contributed by atoms with Gasteiger partial charge in [0.1, 0.15) is 21.2 Å². The zero-order chi connectivity index (χ0) is 42.4. The minimum Gasteiger partial charge on any atom is -0.490 e. The number of carbonyl (C=O) groups excluding carboxylic acids is 3. The number of hydrogen-bond donors (Lipinski definition) is 2. The highest BCUT2D eigenvalue weighted by Crippen LogP contribution is 2.49. The number of benzene rings is 2. The van der Waals surface area contributed by atoms with Crippen LogP contribution in [0.15, 0.2) is 59.1 Å². The number of carbonyl (C=O) groups is 3. The first kappa shape index (κ1) is 42.3. The monoisotopic (exact) mass is 861 g/mol. The van der Waals surface area contributed by atoms with Crippen LogP contribution >= 0.6 is 11.6 Å². The number of anilines is 1. The van der Waals surface area contributed by atoms with Crippen LogP contribution < -0.4 is 19.1 Å². The van der Waals surface area contributed by atoms with Crippen molar-refractivity contribution in [1.29, 1.82) is 0 Å². The van der Waals surface area contributed by atoms with Crippen LogP contribution in [-0.2, 0) is 33.6 Å². The summed E-state index contributed by atoms with van der Waals surface area (Å²) in [6.07, 6.45) is 9.76. The van der Waals surface area contributed by atoms with Gasteiger partial charge in [-0.1, -0.05) is 36.7 Å². The van der Waals surface area contributed by atoms with E-state index in [0.29, 0.717) is 55.7 Å². The van der Waals surface area contributed by atoms with Crippen LogP contribution in [0, 0.1) is 17.8 Å².